The number of rotatable bonds is 5. The van der Waals surface area contributed by atoms with Gasteiger partial charge in [0.1, 0.15) is 5.75 Å². The molecule has 0 saturated carbocycles. The molecule has 8 heteroatoms. The fourth-order valence-corrected chi connectivity index (χ4v) is 8.27. The largest absolute Gasteiger partial charge is 0.497 e. The van der Waals surface area contributed by atoms with Gasteiger partial charge in [-0.1, -0.05) is 37.3 Å². The van der Waals surface area contributed by atoms with E-state index in [0.29, 0.717) is 18.7 Å². The Morgan fingerprint density at radius 3 is 2.52 bits per heavy atom. The van der Waals surface area contributed by atoms with Crippen LogP contribution in [-0.4, -0.2) is 63.9 Å². The van der Waals surface area contributed by atoms with Gasteiger partial charge in [-0.05, 0) is 69.9 Å². The van der Waals surface area contributed by atoms with Gasteiger partial charge in [-0.2, -0.15) is 0 Å². The number of amides is 2. The van der Waals surface area contributed by atoms with Gasteiger partial charge in [-0.25, -0.2) is 0 Å². The van der Waals surface area contributed by atoms with E-state index in [0.717, 1.165) is 33.5 Å². The van der Waals surface area contributed by atoms with Crippen LogP contribution in [0.4, 0.5) is 5.69 Å². The number of hydrogen-bond acceptors (Lipinski definition) is 6. The van der Waals surface area contributed by atoms with Crippen molar-refractivity contribution in [3.8, 4) is 5.75 Å². The summed E-state index contributed by atoms with van der Waals surface area (Å²) in [4.78, 5) is 32.3. The first kappa shape index (κ1) is 28.9. The second-order valence-electron chi connectivity index (χ2n) is 13.6. The zero-order valence-corrected chi connectivity index (χ0v) is 25.6. The number of fused-ring (bicyclic) bond motifs is 2. The molecule has 0 aliphatic carbocycles. The molecule has 0 aromatic heterocycles. The van der Waals surface area contributed by atoms with Crippen molar-refractivity contribution in [1.82, 2.24) is 4.90 Å². The van der Waals surface area contributed by atoms with E-state index in [2.05, 4.69) is 6.08 Å². The highest BCUT2D eigenvalue weighted by Gasteiger charge is 2.68. The molecular formula is C34H42N2O6. The first-order valence-corrected chi connectivity index (χ1v) is 14.9. The van der Waals surface area contributed by atoms with E-state index in [-0.39, 0.29) is 30.9 Å². The van der Waals surface area contributed by atoms with Crippen molar-refractivity contribution in [1.29, 1.82) is 0 Å². The Labute approximate surface area is 247 Å². The van der Waals surface area contributed by atoms with Crippen LogP contribution in [0, 0.1) is 11.8 Å². The standard InChI is InChI=1S/C34H42N2O6/c1-19-16-32(3,4)36-30-25(19)13-24(41-7)14-26(30)34(31(36)39)20(2)29(33(5,6)40)27(42-34)15-28(38)35-17-22-11-9-8-10-21(22)12-23(35)18-37/h8-11,13-14,16,20,23,27,29,37,40H,12,15,17-18H2,1-7H3/t20-,23+,27+,29-,34+/m1/s1. The third-order valence-corrected chi connectivity index (χ3v) is 10.0. The van der Waals surface area contributed by atoms with Crippen LogP contribution < -0.4 is 9.64 Å². The SMILES string of the molecule is COc1cc2c3c(c1)[C@]1(O[C@@H](CC(=O)N4Cc5ccccc5C[C@H]4CO)[C@H](C(C)(C)O)[C@H]1C)C(=O)N3C(C)(C)C=C2C. The molecule has 42 heavy (non-hydrogen) atoms. The van der Waals surface area contributed by atoms with Crippen molar-refractivity contribution >= 4 is 23.1 Å². The van der Waals surface area contributed by atoms with Crippen LogP contribution in [-0.2, 0) is 32.9 Å². The molecule has 2 N–H and O–H groups in total. The minimum Gasteiger partial charge on any atom is -0.497 e. The molecule has 0 radical (unpaired) electrons. The predicted octanol–water partition coefficient (Wildman–Crippen LogP) is 4.19. The first-order chi connectivity index (χ1) is 19.7. The summed E-state index contributed by atoms with van der Waals surface area (Å²) in [6, 6.07) is 11.5. The quantitative estimate of drug-likeness (QED) is 0.556. The Balaban J connectivity index is 1.42. The lowest BCUT2D eigenvalue weighted by Crippen LogP contribution is -2.53. The van der Waals surface area contributed by atoms with Crippen LogP contribution in [0.25, 0.3) is 5.57 Å². The summed E-state index contributed by atoms with van der Waals surface area (Å²) in [5.74, 6) is -0.689. The van der Waals surface area contributed by atoms with Crippen molar-refractivity contribution in [3.05, 3.63) is 64.7 Å². The van der Waals surface area contributed by atoms with E-state index in [1.165, 1.54) is 0 Å². The minimum atomic E-state index is -1.39. The van der Waals surface area contributed by atoms with Gasteiger partial charge in [0, 0.05) is 29.5 Å². The Morgan fingerprint density at radius 1 is 1.19 bits per heavy atom. The average molecular weight is 575 g/mol. The molecule has 1 spiro atoms. The lowest BCUT2D eigenvalue weighted by atomic mass is 9.70. The van der Waals surface area contributed by atoms with Crippen LogP contribution >= 0.6 is 0 Å². The number of methoxy groups -OCH3 is 1. The second-order valence-corrected chi connectivity index (χ2v) is 13.6. The van der Waals surface area contributed by atoms with Crippen molar-refractivity contribution in [2.45, 2.75) is 89.8 Å². The summed E-state index contributed by atoms with van der Waals surface area (Å²) >= 11 is 0. The number of ether oxygens (including phenoxy) is 2. The molecule has 5 atom stereocenters. The number of aliphatic hydroxyl groups excluding tert-OH is 1. The van der Waals surface area contributed by atoms with Crippen LogP contribution in [0.15, 0.2) is 42.5 Å². The topological polar surface area (TPSA) is 99.5 Å². The van der Waals surface area contributed by atoms with Gasteiger partial charge in [0.2, 0.25) is 5.91 Å². The maximum atomic E-state index is 14.7. The van der Waals surface area contributed by atoms with E-state index < -0.39 is 34.7 Å². The lowest BCUT2D eigenvalue weighted by molar-refractivity contribution is -0.152. The summed E-state index contributed by atoms with van der Waals surface area (Å²) < 4.78 is 12.6. The van der Waals surface area contributed by atoms with Gasteiger partial charge in [0.15, 0.2) is 5.60 Å². The molecule has 6 rings (SSSR count). The second kappa shape index (κ2) is 9.66. The lowest BCUT2D eigenvalue weighted by Gasteiger charge is -2.39. The smallest absolute Gasteiger partial charge is 0.265 e. The van der Waals surface area contributed by atoms with Gasteiger partial charge in [0.25, 0.3) is 5.91 Å². The number of carbonyl (C=O) groups is 2. The predicted molar refractivity (Wildman–Crippen MR) is 160 cm³/mol. The third kappa shape index (κ3) is 4.06. The maximum absolute atomic E-state index is 14.7. The summed E-state index contributed by atoms with van der Waals surface area (Å²) in [6.07, 6.45) is 1.92. The Hall–Kier alpha value is -3.20. The molecule has 8 nitrogen and oxygen atoms in total. The maximum Gasteiger partial charge on any atom is 0.265 e. The molecule has 2 aromatic carbocycles. The number of hydrogen-bond donors (Lipinski definition) is 2. The van der Waals surface area contributed by atoms with E-state index >= 15 is 0 Å². The van der Waals surface area contributed by atoms with Gasteiger partial charge in [-0.3, -0.25) is 14.5 Å². The van der Waals surface area contributed by atoms with Crippen LogP contribution in [0.1, 0.15) is 70.2 Å². The zero-order valence-electron chi connectivity index (χ0n) is 25.6. The van der Waals surface area contributed by atoms with Crippen LogP contribution in [0.5, 0.6) is 5.75 Å². The highest BCUT2D eigenvalue weighted by molar-refractivity contribution is 6.12. The van der Waals surface area contributed by atoms with Crippen molar-refractivity contribution in [2.24, 2.45) is 11.8 Å². The number of anilines is 1. The normalized spacial score (nSPS) is 29.5. The molecule has 1 fully saturated rings. The van der Waals surface area contributed by atoms with E-state index in [9.17, 15) is 19.8 Å². The Morgan fingerprint density at radius 2 is 1.88 bits per heavy atom. The molecule has 224 valence electrons. The summed E-state index contributed by atoms with van der Waals surface area (Å²) in [5.41, 5.74) is 2.46. The number of benzene rings is 2. The number of carbonyl (C=O) groups excluding carboxylic acids is 2. The van der Waals surface area contributed by atoms with E-state index in [4.69, 9.17) is 9.47 Å². The van der Waals surface area contributed by atoms with Gasteiger partial charge in [-0.15, -0.1) is 0 Å². The average Bonchev–Trinajstić information content (AvgIpc) is 3.37. The number of aliphatic hydroxyl groups is 2. The fraction of sp³-hybridized carbons (Fsp3) is 0.529. The Bertz CT molecular complexity index is 1490. The molecule has 4 aliphatic heterocycles. The number of nitrogens with zero attached hydrogens (tertiary/aromatic N) is 2. The third-order valence-electron chi connectivity index (χ3n) is 10.0. The monoisotopic (exact) mass is 574 g/mol. The van der Waals surface area contributed by atoms with Gasteiger partial charge >= 0.3 is 0 Å². The van der Waals surface area contributed by atoms with Crippen LogP contribution in [0.2, 0.25) is 0 Å². The van der Waals surface area contributed by atoms with E-state index in [1.807, 2.05) is 69.0 Å². The van der Waals surface area contributed by atoms with Crippen molar-refractivity contribution < 1.29 is 29.3 Å². The molecule has 1 saturated heterocycles. The fourth-order valence-electron chi connectivity index (χ4n) is 8.27. The summed E-state index contributed by atoms with van der Waals surface area (Å²) in [7, 11) is 1.61. The summed E-state index contributed by atoms with van der Waals surface area (Å²) in [5, 5.41) is 21.7. The minimum absolute atomic E-state index is 0.0144. The highest BCUT2D eigenvalue weighted by atomic mass is 16.5. The number of allylic oxidation sites excluding steroid dienone is 1. The molecule has 2 aromatic rings. The van der Waals surface area contributed by atoms with Crippen molar-refractivity contribution in [3.63, 3.8) is 0 Å². The molecule has 4 heterocycles. The van der Waals surface area contributed by atoms with Gasteiger partial charge in [0.05, 0.1) is 49.1 Å². The highest BCUT2D eigenvalue weighted by Crippen LogP contribution is 2.62. The molecular weight excluding hydrogens is 532 g/mol. The summed E-state index contributed by atoms with van der Waals surface area (Å²) in [6.45, 7) is 11.7. The molecule has 0 bridgehead atoms. The molecule has 4 aliphatic rings. The van der Waals surface area contributed by atoms with Gasteiger partial charge < -0.3 is 24.6 Å². The first-order valence-electron chi connectivity index (χ1n) is 14.9. The molecule has 2 amide bonds. The van der Waals surface area contributed by atoms with Crippen LogP contribution in [0.3, 0.4) is 0 Å². The Kier molecular flexibility index (Phi) is 6.65. The van der Waals surface area contributed by atoms with E-state index in [1.54, 1.807) is 25.9 Å². The zero-order chi connectivity index (χ0) is 30.4. The molecule has 0 unspecified atom stereocenters. The van der Waals surface area contributed by atoms with Crippen molar-refractivity contribution in [2.75, 3.05) is 18.6 Å².